The van der Waals surface area contributed by atoms with Gasteiger partial charge in [0.1, 0.15) is 5.75 Å². The van der Waals surface area contributed by atoms with Crippen LogP contribution in [0.4, 0.5) is 0 Å². The Morgan fingerprint density at radius 3 is 2.50 bits per heavy atom. The fourth-order valence-electron chi connectivity index (χ4n) is 1.45. The van der Waals surface area contributed by atoms with Crippen molar-refractivity contribution in [2.24, 2.45) is 0 Å². The number of hydrogen-bond donors (Lipinski definition) is 2. The molecule has 0 radical (unpaired) electrons. The summed E-state index contributed by atoms with van der Waals surface area (Å²) in [7, 11) is 0. The van der Waals surface area contributed by atoms with E-state index in [-0.39, 0.29) is 19.1 Å². The van der Waals surface area contributed by atoms with Crippen LogP contribution in [0.1, 0.15) is 19.3 Å². The Balaban J connectivity index is 2.32. The summed E-state index contributed by atoms with van der Waals surface area (Å²) in [4.78, 5) is 11.5. The summed E-state index contributed by atoms with van der Waals surface area (Å²) < 4.78 is 5.29. The summed E-state index contributed by atoms with van der Waals surface area (Å²) in [5.74, 6) is 0.0765. The third-order valence-electron chi connectivity index (χ3n) is 2.49. The van der Waals surface area contributed by atoms with Crippen LogP contribution in [-0.2, 0) is 4.79 Å². The molecule has 0 aliphatic heterocycles. The second-order valence-electron chi connectivity index (χ2n) is 4.12. The van der Waals surface area contributed by atoms with Gasteiger partial charge in [-0.1, -0.05) is 34.8 Å². The second kappa shape index (κ2) is 9.29. The minimum atomic E-state index is -0.240. The number of aliphatic hydroxyl groups excluding tert-OH is 1. The van der Waals surface area contributed by atoms with E-state index in [1.165, 1.54) is 12.1 Å². The highest BCUT2D eigenvalue weighted by atomic mass is 35.5. The first-order valence-corrected chi connectivity index (χ1v) is 7.33. The largest absolute Gasteiger partial charge is 0.482 e. The molecule has 0 aromatic heterocycles. The number of amides is 1. The van der Waals surface area contributed by atoms with Gasteiger partial charge in [0.25, 0.3) is 5.91 Å². The molecule has 112 valence electrons. The Hall–Kier alpha value is -0.680. The molecule has 0 saturated carbocycles. The number of hydrogen-bond acceptors (Lipinski definition) is 3. The van der Waals surface area contributed by atoms with Crippen molar-refractivity contribution in [2.75, 3.05) is 19.8 Å². The molecule has 4 nitrogen and oxygen atoms in total. The Labute approximate surface area is 133 Å². The molecule has 0 atom stereocenters. The molecule has 0 heterocycles. The predicted molar refractivity (Wildman–Crippen MR) is 80.9 cm³/mol. The number of rotatable bonds is 8. The third-order valence-corrected chi connectivity index (χ3v) is 3.51. The zero-order chi connectivity index (χ0) is 15.0. The van der Waals surface area contributed by atoms with E-state index in [1.54, 1.807) is 0 Å². The highest BCUT2D eigenvalue weighted by Gasteiger charge is 2.09. The number of carbonyl (C=O) groups excluding carboxylic acids is 1. The maximum Gasteiger partial charge on any atom is 0.257 e. The maximum absolute atomic E-state index is 11.5. The average Bonchev–Trinajstić information content (AvgIpc) is 2.41. The van der Waals surface area contributed by atoms with Crippen molar-refractivity contribution >= 4 is 40.7 Å². The van der Waals surface area contributed by atoms with Crippen molar-refractivity contribution in [2.45, 2.75) is 19.3 Å². The molecule has 0 spiro atoms. The van der Waals surface area contributed by atoms with Gasteiger partial charge in [-0.25, -0.2) is 0 Å². The quantitative estimate of drug-likeness (QED) is 0.564. The summed E-state index contributed by atoms with van der Waals surface area (Å²) in [6.07, 6.45) is 2.43. The van der Waals surface area contributed by atoms with Crippen LogP contribution in [0, 0.1) is 0 Å². The monoisotopic (exact) mass is 339 g/mol. The van der Waals surface area contributed by atoms with E-state index in [9.17, 15) is 4.79 Å². The van der Waals surface area contributed by atoms with Gasteiger partial charge in [0.2, 0.25) is 0 Å². The molecule has 0 bridgehead atoms. The van der Waals surface area contributed by atoms with Crippen LogP contribution in [0.25, 0.3) is 0 Å². The van der Waals surface area contributed by atoms with Gasteiger partial charge in [-0.2, -0.15) is 0 Å². The molecule has 0 fully saturated rings. The highest BCUT2D eigenvalue weighted by Crippen LogP contribution is 2.33. The molecule has 1 aromatic carbocycles. The minimum Gasteiger partial charge on any atom is -0.482 e. The number of halogens is 3. The summed E-state index contributed by atoms with van der Waals surface area (Å²) in [5, 5.41) is 12.3. The summed E-state index contributed by atoms with van der Waals surface area (Å²) in [5.41, 5.74) is 0. The molecule has 0 unspecified atom stereocenters. The van der Waals surface area contributed by atoms with E-state index in [0.717, 1.165) is 19.3 Å². The van der Waals surface area contributed by atoms with E-state index in [2.05, 4.69) is 5.32 Å². The third kappa shape index (κ3) is 6.18. The van der Waals surface area contributed by atoms with Crippen molar-refractivity contribution in [1.82, 2.24) is 5.32 Å². The fourth-order valence-corrected chi connectivity index (χ4v) is 2.04. The van der Waals surface area contributed by atoms with Crippen molar-refractivity contribution in [1.29, 1.82) is 0 Å². The molecule has 1 amide bonds. The van der Waals surface area contributed by atoms with Crippen molar-refractivity contribution in [3.8, 4) is 5.75 Å². The normalized spacial score (nSPS) is 10.4. The topological polar surface area (TPSA) is 58.6 Å². The lowest BCUT2D eigenvalue weighted by molar-refractivity contribution is -0.123. The van der Waals surface area contributed by atoms with Crippen LogP contribution >= 0.6 is 34.8 Å². The summed E-state index contributed by atoms with van der Waals surface area (Å²) in [6.45, 7) is 0.585. The van der Waals surface area contributed by atoms with E-state index < -0.39 is 0 Å². The van der Waals surface area contributed by atoms with Gasteiger partial charge < -0.3 is 15.2 Å². The molecule has 0 aliphatic rings. The molecular weight excluding hydrogens is 325 g/mol. The SMILES string of the molecule is O=C(COc1cc(Cl)c(Cl)cc1Cl)NCCCCCO. The smallest absolute Gasteiger partial charge is 0.257 e. The molecule has 0 aliphatic carbocycles. The van der Waals surface area contributed by atoms with Gasteiger partial charge in [-0.05, 0) is 25.3 Å². The van der Waals surface area contributed by atoms with E-state index in [0.29, 0.717) is 27.4 Å². The first-order valence-electron chi connectivity index (χ1n) is 6.19. The van der Waals surface area contributed by atoms with Gasteiger partial charge in [-0.3, -0.25) is 4.79 Å². The lowest BCUT2D eigenvalue weighted by Crippen LogP contribution is -2.29. The lowest BCUT2D eigenvalue weighted by atomic mass is 10.2. The Bertz CT molecular complexity index is 455. The van der Waals surface area contributed by atoms with E-state index in [4.69, 9.17) is 44.6 Å². The van der Waals surface area contributed by atoms with Gasteiger partial charge in [0.15, 0.2) is 6.61 Å². The van der Waals surface area contributed by atoms with Crippen LogP contribution in [0.2, 0.25) is 15.1 Å². The fraction of sp³-hybridized carbons (Fsp3) is 0.462. The Morgan fingerprint density at radius 1 is 1.10 bits per heavy atom. The van der Waals surface area contributed by atoms with Gasteiger partial charge in [-0.15, -0.1) is 0 Å². The summed E-state index contributed by atoms with van der Waals surface area (Å²) in [6, 6.07) is 2.94. The molecule has 7 heteroatoms. The van der Waals surface area contributed by atoms with Crippen LogP contribution in [0.3, 0.4) is 0 Å². The summed E-state index contributed by atoms with van der Waals surface area (Å²) >= 11 is 17.6. The van der Waals surface area contributed by atoms with Gasteiger partial charge in [0, 0.05) is 19.2 Å². The molecular formula is C13H16Cl3NO3. The van der Waals surface area contributed by atoms with Crippen LogP contribution in [0.5, 0.6) is 5.75 Å². The second-order valence-corrected chi connectivity index (χ2v) is 5.34. The number of benzene rings is 1. The Kier molecular flexibility index (Phi) is 8.07. The van der Waals surface area contributed by atoms with Crippen molar-refractivity contribution < 1.29 is 14.6 Å². The molecule has 20 heavy (non-hydrogen) atoms. The number of unbranched alkanes of at least 4 members (excludes halogenated alkanes) is 2. The number of nitrogens with one attached hydrogen (secondary N) is 1. The predicted octanol–water partition coefficient (Wildman–Crippen LogP) is 3.30. The highest BCUT2D eigenvalue weighted by molar-refractivity contribution is 6.43. The van der Waals surface area contributed by atoms with Gasteiger partial charge >= 0.3 is 0 Å². The number of aliphatic hydroxyl groups is 1. The zero-order valence-corrected chi connectivity index (χ0v) is 13.1. The average molecular weight is 341 g/mol. The zero-order valence-electron chi connectivity index (χ0n) is 10.8. The van der Waals surface area contributed by atoms with Crippen molar-refractivity contribution in [3.05, 3.63) is 27.2 Å². The van der Waals surface area contributed by atoms with E-state index in [1.807, 2.05) is 0 Å². The lowest BCUT2D eigenvalue weighted by Gasteiger charge is -2.09. The molecule has 0 saturated heterocycles. The first-order chi connectivity index (χ1) is 9.54. The first kappa shape index (κ1) is 17.4. The van der Waals surface area contributed by atoms with Crippen molar-refractivity contribution in [3.63, 3.8) is 0 Å². The standard InChI is InChI=1S/C13H16Cl3NO3/c14-9-6-11(16)12(7-10(9)15)20-8-13(19)17-4-2-1-3-5-18/h6-7,18H,1-5,8H2,(H,17,19). The van der Waals surface area contributed by atoms with E-state index >= 15 is 0 Å². The minimum absolute atomic E-state index is 0.141. The van der Waals surface area contributed by atoms with Crippen LogP contribution in [-0.4, -0.2) is 30.8 Å². The van der Waals surface area contributed by atoms with Gasteiger partial charge in [0.05, 0.1) is 15.1 Å². The molecule has 1 rings (SSSR count). The maximum atomic E-state index is 11.5. The Morgan fingerprint density at radius 2 is 1.80 bits per heavy atom. The molecule has 1 aromatic rings. The van der Waals surface area contributed by atoms with Crippen LogP contribution < -0.4 is 10.1 Å². The number of carbonyl (C=O) groups is 1. The van der Waals surface area contributed by atoms with Crippen LogP contribution in [0.15, 0.2) is 12.1 Å². The number of ether oxygens (including phenoxy) is 1. The molecule has 2 N–H and O–H groups in total.